The highest BCUT2D eigenvalue weighted by Crippen LogP contribution is 2.13. The van der Waals surface area contributed by atoms with Gasteiger partial charge in [0, 0.05) is 26.1 Å². The molecule has 0 spiro atoms. The predicted molar refractivity (Wildman–Crippen MR) is 82.9 cm³/mol. The van der Waals surface area contributed by atoms with Crippen LogP contribution in [0.5, 0.6) is 0 Å². The van der Waals surface area contributed by atoms with Gasteiger partial charge in [-0.05, 0) is 56.3 Å². The van der Waals surface area contributed by atoms with E-state index in [0.29, 0.717) is 12.3 Å². The van der Waals surface area contributed by atoms with Crippen molar-refractivity contribution in [3.8, 4) is 0 Å². The van der Waals surface area contributed by atoms with Gasteiger partial charge in [0.1, 0.15) is 0 Å². The molecule has 1 aromatic carbocycles. The third-order valence-electron chi connectivity index (χ3n) is 4.12. The minimum Gasteiger partial charge on any atom is -0.341 e. The number of amides is 1. The molecule has 1 saturated heterocycles. The number of carbonyl (C=O) groups is 1. The van der Waals surface area contributed by atoms with Gasteiger partial charge in [-0.25, -0.2) is 0 Å². The summed E-state index contributed by atoms with van der Waals surface area (Å²) in [6, 6.07) is 6.60. The van der Waals surface area contributed by atoms with E-state index < -0.39 is 0 Å². The number of nitrogens with zero attached hydrogens (tertiary/aromatic N) is 1. The molecule has 1 fully saturated rings. The summed E-state index contributed by atoms with van der Waals surface area (Å²) in [5.74, 6) is 0.317. The van der Waals surface area contributed by atoms with Crippen LogP contribution in [0.25, 0.3) is 0 Å². The van der Waals surface area contributed by atoms with Crippen LogP contribution in [0.2, 0.25) is 0 Å². The molecule has 1 amide bonds. The second-order valence-electron chi connectivity index (χ2n) is 5.76. The summed E-state index contributed by atoms with van der Waals surface area (Å²) in [5, 5.41) is 3.33. The Bertz CT molecular complexity index is 448. The zero-order valence-electron chi connectivity index (χ0n) is 12.7. The molecule has 0 saturated carbocycles. The maximum Gasteiger partial charge on any atom is 0.222 e. The molecular weight excluding hydrogens is 248 g/mol. The second kappa shape index (κ2) is 7.44. The van der Waals surface area contributed by atoms with Crippen molar-refractivity contribution in [3.05, 3.63) is 34.9 Å². The lowest BCUT2D eigenvalue weighted by Crippen LogP contribution is -2.34. The molecule has 110 valence electrons. The van der Waals surface area contributed by atoms with Gasteiger partial charge in [0.05, 0.1) is 0 Å². The monoisotopic (exact) mass is 274 g/mol. The predicted octanol–water partition coefficient (Wildman–Crippen LogP) is 2.45. The lowest BCUT2D eigenvalue weighted by Gasteiger charge is -2.19. The Hall–Kier alpha value is -1.35. The first-order chi connectivity index (χ1) is 9.66. The highest BCUT2D eigenvalue weighted by atomic mass is 16.2. The molecule has 0 unspecified atom stereocenters. The lowest BCUT2D eigenvalue weighted by molar-refractivity contribution is -0.131. The molecule has 1 heterocycles. The van der Waals surface area contributed by atoms with Crippen LogP contribution in [-0.4, -0.2) is 37.0 Å². The molecule has 1 aliphatic heterocycles. The summed E-state index contributed by atoms with van der Waals surface area (Å²) in [6.07, 6.45) is 3.69. The van der Waals surface area contributed by atoms with E-state index in [1.807, 2.05) is 4.90 Å². The summed E-state index contributed by atoms with van der Waals surface area (Å²) < 4.78 is 0. The average Bonchev–Trinajstić information content (AvgIpc) is 2.71. The molecule has 3 nitrogen and oxygen atoms in total. The number of carbonyl (C=O) groups excluding carboxylic acids is 1. The van der Waals surface area contributed by atoms with Crippen molar-refractivity contribution >= 4 is 5.91 Å². The number of hydrogen-bond donors (Lipinski definition) is 1. The number of aryl methyl sites for hydroxylation is 3. The van der Waals surface area contributed by atoms with Crippen molar-refractivity contribution in [1.82, 2.24) is 10.2 Å². The van der Waals surface area contributed by atoms with Crippen LogP contribution in [0.15, 0.2) is 18.2 Å². The summed E-state index contributed by atoms with van der Waals surface area (Å²) in [7, 11) is 0. The minimum absolute atomic E-state index is 0.317. The molecule has 0 atom stereocenters. The molecule has 2 rings (SSSR count). The molecule has 0 radical (unpaired) electrons. The zero-order valence-corrected chi connectivity index (χ0v) is 12.7. The summed E-state index contributed by atoms with van der Waals surface area (Å²) in [4.78, 5) is 14.2. The van der Waals surface area contributed by atoms with Crippen LogP contribution in [0.1, 0.15) is 36.0 Å². The molecular formula is C17H26N2O. The third-order valence-corrected chi connectivity index (χ3v) is 4.12. The molecule has 0 aliphatic carbocycles. The zero-order chi connectivity index (χ0) is 14.4. The maximum absolute atomic E-state index is 12.2. The Balaban J connectivity index is 1.76. The van der Waals surface area contributed by atoms with Crippen LogP contribution in [-0.2, 0) is 11.2 Å². The lowest BCUT2D eigenvalue weighted by atomic mass is 10.0. The standard InChI is InChI=1S/C17H26N2O/c1-14-7-8-16(13-15(14)2)5-3-6-17(20)19-11-4-9-18-10-12-19/h7-8,13,18H,3-6,9-12H2,1-2H3. The van der Waals surface area contributed by atoms with Crippen molar-refractivity contribution in [3.63, 3.8) is 0 Å². The third kappa shape index (κ3) is 4.34. The SMILES string of the molecule is Cc1ccc(CCCC(=O)N2CCCNCC2)cc1C. The molecule has 20 heavy (non-hydrogen) atoms. The fourth-order valence-electron chi connectivity index (χ4n) is 2.66. The number of hydrogen-bond acceptors (Lipinski definition) is 2. The van der Waals surface area contributed by atoms with Crippen molar-refractivity contribution in [2.24, 2.45) is 0 Å². The van der Waals surface area contributed by atoms with E-state index >= 15 is 0 Å². The fraction of sp³-hybridized carbons (Fsp3) is 0.588. The van der Waals surface area contributed by atoms with Crippen molar-refractivity contribution in [2.45, 2.75) is 39.5 Å². The molecule has 1 aliphatic rings. The first-order valence-electron chi connectivity index (χ1n) is 7.71. The van der Waals surface area contributed by atoms with Gasteiger partial charge in [-0.15, -0.1) is 0 Å². The Morgan fingerprint density at radius 2 is 2.05 bits per heavy atom. The van der Waals surface area contributed by atoms with Crippen LogP contribution >= 0.6 is 0 Å². The van der Waals surface area contributed by atoms with E-state index in [-0.39, 0.29) is 0 Å². The Kier molecular flexibility index (Phi) is 5.60. The molecule has 1 aromatic rings. The van der Waals surface area contributed by atoms with E-state index in [1.54, 1.807) is 0 Å². The van der Waals surface area contributed by atoms with Crippen molar-refractivity contribution < 1.29 is 4.79 Å². The highest BCUT2D eigenvalue weighted by molar-refractivity contribution is 5.76. The second-order valence-corrected chi connectivity index (χ2v) is 5.76. The Morgan fingerprint density at radius 3 is 2.85 bits per heavy atom. The number of rotatable bonds is 4. The molecule has 1 N–H and O–H groups in total. The van der Waals surface area contributed by atoms with Crippen LogP contribution in [0.4, 0.5) is 0 Å². The largest absolute Gasteiger partial charge is 0.341 e. The summed E-state index contributed by atoms with van der Waals surface area (Å²) >= 11 is 0. The van der Waals surface area contributed by atoms with Gasteiger partial charge >= 0.3 is 0 Å². The first kappa shape index (κ1) is 15.0. The van der Waals surface area contributed by atoms with Crippen molar-refractivity contribution in [2.75, 3.05) is 26.2 Å². The first-order valence-corrected chi connectivity index (χ1v) is 7.71. The average molecular weight is 274 g/mol. The highest BCUT2D eigenvalue weighted by Gasteiger charge is 2.14. The van der Waals surface area contributed by atoms with Gasteiger partial charge < -0.3 is 10.2 Å². The summed E-state index contributed by atoms with van der Waals surface area (Å²) in [5.41, 5.74) is 4.02. The van der Waals surface area contributed by atoms with Crippen LogP contribution in [0, 0.1) is 13.8 Å². The van der Waals surface area contributed by atoms with Crippen LogP contribution < -0.4 is 5.32 Å². The van der Waals surface area contributed by atoms with Gasteiger partial charge in [-0.1, -0.05) is 18.2 Å². The van der Waals surface area contributed by atoms with E-state index in [9.17, 15) is 4.79 Å². The Morgan fingerprint density at radius 1 is 1.20 bits per heavy atom. The van der Waals surface area contributed by atoms with Gasteiger partial charge in [0.15, 0.2) is 0 Å². The van der Waals surface area contributed by atoms with Gasteiger partial charge in [0.25, 0.3) is 0 Å². The maximum atomic E-state index is 12.2. The topological polar surface area (TPSA) is 32.3 Å². The minimum atomic E-state index is 0.317. The molecule has 0 aromatic heterocycles. The van der Waals surface area contributed by atoms with E-state index in [0.717, 1.165) is 45.4 Å². The quantitative estimate of drug-likeness (QED) is 0.914. The smallest absolute Gasteiger partial charge is 0.222 e. The molecule has 3 heteroatoms. The van der Waals surface area contributed by atoms with Crippen LogP contribution in [0.3, 0.4) is 0 Å². The fourth-order valence-corrected chi connectivity index (χ4v) is 2.66. The molecule has 0 bridgehead atoms. The van der Waals surface area contributed by atoms with E-state index in [4.69, 9.17) is 0 Å². The summed E-state index contributed by atoms with van der Waals surface area (Å²) in [6.45, 7) is 8.03. The van der Waals surface area contributed by atoms with Gasteiger partial charge in [-0.2, -0.15) is 0 Å². The van der Waals surface area contributed by atoms with E-state index in [1.165, 1.54) is 16.7 Å². The van der Waals surface area contributed by atoms with Gasteiger partial charge in [-0.3, -0.25) is 4.79 Å². The number of benzene rings is 1. The number of nitrogens with one attached hydrogen (secondary N) is 1. The van der Waals surface area contributed by atoms with Crippen molar-refractivity contribution in [1.29, 1.82) is 0 Å². The van der Waals surface area contributed by atoms with E-state index in [2.05, 4.69) is 37.4 Å². The normalized spacial score (nSPS) is 16.0. The Labute approximate surface area is 122 Å². The van der Waals surface area contributed by atoms with Gasteiger partial charge in [0.2, 0.25) is 5.91 Å².